The maximum atomic E-state index is 11.6. The SMILES string of the molecule is CC1=C(CC(O)c2ccoc2)OC(C)(C)OC1=O. The minimum Gasteiger partial charge on any atom is -0.472 e. The molecule has 5 heteroatoms. The van der Waals surface area contributed by atoms with Crippen LogP contribution in [0.3, 0.4) is 0 Å². The topological polar surface area (TPSA) is 68.9 Å². The highest BCUT2D eigenvalue weighted by molar-refractivity contribution is 5.89. The summed E-state index contributed by atoms with van der Waals surface area (Å²) in [5.74, 6) is -0.965. The van der Waals surface area contributed by atoms with Gasteiger partial charge in [-0.3, -0.25) is 0 Å². The molecule has 5 nitrogen and oxygen atoms in total. The second-order valence-corrected chi connectivity index (χ2v) is 4.72. The maximum Gasteiger partial charge on any atom is 0.340 e. The van der Waals surface area contributed by atoms with E-state index in [9.17, 15) is 9.90 Å². The van der Waals surface area contributed by atoms with Crippen LogP contribution >= 0.6 is 0 Å². The summed E-state index contributed by atoms with van der Waals surface area (Å²) < 4.78 is 15.5. The second kappa shape index (κ2) is 4.49. The van der Waals surface area contributed by atoms with Crippen molar-refractivity contribution in [3.05, 3.63) is 35.5 Å². The average molecular weight is 252 g/mol. The van der Waals surface area contributed by atoms with Crippen LogP contribution in [-0.2, 0) is 14.3 Å². The van der Waals surface area contributed by atoms with E-state index in [-0.39, 0.29) is 6.42 Å². The van der Waals surface area contributed by atoms with Crippen molar-refractivity contribution in [3.8, 4) is 0 Å². The van der Waals surface area contributed by atoms with Gasteiger partial charge in [-0.25, -0.2) is 4.79 Å². The summed E-state index contributed by atoms with van der Waals surface area (Å²) in [6, 6.07) is 1.67. The largest absolute Gasteiger partial charge is 0.472 e. The number of hydrogen-bond donors (Lipinski definition) is 1. The number of carbonyl (C=O) groups excluding carboxylic acids is 1. The Bertz CT molecular complexity index is 470. The Morgan fingerprint density at radius 1 is 1.39 bits per heavy atom. The first-order valence-corrected chi connectivity index (χ1v) is 5.71. The summed E-state index contributed by atoms with van der Waals surface area (Å²) in [7, 11) is 0. The molecule has 0 spiro atoms. The van der Waals surface area contributed by atoms with Gasteiger partial charge in [-0.2, -0.15) is 0 Å². The van der Waals surface area contributed by atoms with Crippen LogP contribution in [0.2, 0.25) is 0 Å². The van der Waals surface area contributed by atoms with Crippen molar-refractivity contribution in [1.29, 1.82) is 0 Å². The third kappa shape index (κ3) is 2.56. The van der Waals surface area contributed by atoms with Gasteiger partial charge in [0.05, 0.1) is 24.2 Å². The summed E-state index contributed by atoms with van der Waals surface area (Å²) in [5, 5.41) is 10.0. The third-order valence-electron chi connectivity index (χ3n) is 2.74. The number of furan rings is 1. The zero-order valence-corrected chi connectivity index (χ0v) is 10.6. The molecule has 1 aromatic heterocycles. The average Bonchev–Trinajstić information content (AvgIpc) is 2.77. The van der Waals surface area contributed by atoms with Gasteiger partial charge in [0.15, 0.2) is 0 Å². The number of hydrogen-bond acceptors (Lipinski definition) is 5. The summed E-state index contributed by atoms with van der Waals surface area (Å²) >= 11 is 0. The molecule has 0 aromatic carbocycles. The highest BCUT2D eigenvalue weighted by Crippen LogP contribution is 2.32. The van der Waals surface area contributed by atoms with Gasteiger partial charge in [-0.15, -0.1) is 0 Å². The predicted octanol–water partition coefficient (Wildman–Crippen LogP) is 2.29. The number of aliphatic hydroxyl groups excluding tert-OH is 1. The van der Waals surface area contributed by atoms with Crippen molar-refractivity contribution in [2.24, 2.45) is 0 Å². The lowest BCUT2D eigenvalue weighted by Gasteiger charge is -2.33. The predicted molar refractivity (Wildman–Crippen MR) is 62.2 cm³/mol. The normalized spacial score (nSPS) is 20.3. The minimum atomic E-state index is -0.998. The zero-order chi connectivity index (χ0) is 13.3. The lowest BCUT2D eigenvalue weighted by atomic mass is 10.1. The van der Waals surface area contributed by atoms with Gasteiger partial charge in [0.1, 0.15) is 5.76 Å². The molecule has 18 heavy (non-hydrogen) atoms. The molecule has 0 saturated carbocycles. The van der Waals surface area contributed by atoms with Crippen molar-refractivity contribution < 1.29 is 23.8 Å². The lowest BCUT2D eigenvalue weighted by molar-refractivity contribution is -0.209. The Balaban J connectivity index is 2.17. The Hall–Kier alpha value is -1.75. The molecule has 0 radical (unpaired) electrons. The van der Waals surface area contributed by atoms with Gasteiger partial charge in [-0.05, 0) is 13.0 Å². The number of esters is 1. The number of ether oxygens (including phenoxy) is 2. The van der Waals surface area contributed by atoms with Crippen LogP contribution in [0.5, 0.6) is 0 Å². The molecule has 2 heterocycles. The molecule has 98 valence electrons. The van der Waals surface area contributed by atoms with E-state index in [0.29, 0.717) is 16.9 Å². The van der Waals surface area contributed by atoms with Gasteiger partial charge in [0.2, 0.25) is 5.79 Å². The van der Waals surface area contributed by atoms with Crippen LogP contribution in [0.15, 0.2) is 34.3 Å². The standard InChI is InChI=1S/C13H16O5/c1-8-11(17-13(2,3)18-12(8)15)6-10(14)9-4-5-16-7-9/h4-5,7,10,14H,6H2,1-3H3. The van der Waals surface area contributed by atoms with Crippen molar-refractivity contribution in [3.63, 3.8) is 0 Å². The number of cyclic esters (lactones) is 1. The summed E-state index contributed by atoms with van der Waals surface area (Å²) in [6.07, 6.45) is 2.40. The molecule has 2 rings (SSSR count). The fourth-order valence-corrected chi connectivity index (χ4v) is 1.76. The number of aliphatic hydroxyl groups is 1. The van der Waals surface area contributed by atoms with E-state index in [0.717, 1.165) is 0 Å². The van der Waals surface area contributed by atoms with Crippen LogP contribution in [-0.4, -0.2) is 16.9 Å². The van der Waals surface area contributed by atoms with Gasteiger partial charge in [-0.1, -0.05) is 0 Å². The Morgan fingerprint density at radius 2 is 2.11 bits per heavy atom. The van der Waals surface area contributed by atoms with Crippen molar-refractivity contribution >= 4 is 5.97 Å². The monoisotopic (exact) mass is 252 g/mol. The van der Waals surface area contributed by atoms with Gasteiger partial charge < -0.3 is 19.0 Å². The van der Waals surface area contributed by atoms with Crippen LogP contribution < -0.4 is 0 Å². The Kier molecular flexibility index (Phi) is 3.17. The van der Waals surface area contributed by atoms with E-state index in [1.807, 2.05) is 0 Å². The van der Waals surface area contributed by atoms with Crippen molar-refractivity contribution in [2.75, 3.05) is 0 Å². The summed E-state index contributed by atoms with van der Waals surface area (Å²) in [6.45, 7) is 4.93. The smallest absolute Gasteiger partial charge is 0.340 e. The zero-order valence-electron chi connectivity index (χ0n) is 10.6. The molecule has 0 amide bonds. The quantitative estimate of drug-likeness (QED) is 0.836. The molecular formula is C13H16O5. The molecule has 1 atom stereocenters. The van der Waals surface area contributed by atoms with Crippen LogP contribution in [0, 0.1) is 0 Å². The van der Waals surface area contributed by atoms with Crippen LogP contribution in [0.1, 0.15) is 38.9 Å². The van der Waals surface area contributed by atoms with Crippen molar-refractivity contribution in [2.45, 2.75) is 39.1 Å². The molecule has 1 aliphatic heterocycles. The maximum absolute atomic E-state index is 11.6. The molecule has 1 aliphatic rings. The molecule has 1 aromatic rings. The highest BCUT2D eigenvalue weighted by Gasteiger charge is 2.34. The molecular weight excluding hydrogens is 236 g/mol. The van der Waals surface area contributed by atoms with E-state index in [2.05, 4.69) is 0 Å². The minimum absolute atomic E-state index is 0.212. The Labute approximate surface area is 105 Å². The molecule has 1 unspecified atom stereocenters. The first-order chi connectivity index (χ1) is 8.39. The second-order valence-electron chi connectivity index (χ2n) is 4.72. The molecule has 0 bridgehead atoms. The highest BCUT2D eigenvalue weighted by atomic mass is 16.7. The first-order valence-electron chi connectivity index (χ1n) is 5.71. The third-order valence-corrected chi connectivity index (χ3v) is 2.74. The van der Waals surface area contributed by atoms with Crippen LogP contribution in [0.25, 0.3) is 0 Å². The first kappa shape index (κ1) is 12.7. The van der Waals surface area contributed by atoms with Crippen LogP contribution in [0.4, 0.5) is 0 Å². The molecule has 0 fully saturated rings. The number of rotatable bonds is 3. The van der Waals surface area contributed by atoms with E-state index >= 15 is 0 Å². The van der Waals surface area contributed by atoms with Gasteiger partial charge in [0.25, 0.3) is 0 Å². The van der Waals surface area contributed by atoms with E-state index in [4.69, 9.17) is 13.9 Å². The van der Waals surface area contributed by atoms with E-state index < -0.39 is 17.9 Å². The van der Waals surface area contributed by atoms with E-state index in [1.54, 1.807) is 26.8 Å². The molecule has 0 saturated heterocycles. The molecule has 0 aliphatic carbocycles. The summed E-state index contributed by atoms with van der Waals surface area (Å²) in [5.41, 5.74) is 1.03. The van der Waals surface area contributed by atoms with Gasteiger partial charge >= 0.3 is 5.97 Å². The van der Waals surface area contributed by atoms with Crippen molar-refractivity contribution in [1.82, 2.24) is 0 Å². The van der Waals surface area contributed by atoms with Gasteiger partial charge in [0, 0.05) is 25.8 Å². The molecule has 1 N–H and O–H groups in total. The lowest BCUT2D eigenvalue weighted by Crippen LogP contribution is -2.36. The fourth-order valence-electron chi connectivity index (χ4n) is 1.76. The van der Waals surface area contributed by atoms with E-state index in [1.165, 1.54) is 12.5 Å². The fraction of sp³-hybridized carbons (Fsp3) is 0.462. The number of carbonyl (C=O) groups is 1. The Morgan fingerprint density at radius 3 is 2.72 bits per heavy atom. The summed E-state index contributed by atoms with van der Waals surface area (Å²) in [4.78, 5) is 11.6.